The molecule has 11 heteroatoms. The molecule has 40 heavy (non-hydrogen) atoms. The zero-order valence-corrected chi connectivity index (χ0v) is 21.8. The molecule has 0 bridgehead atoms. The Morgan fingerprint density at radius 1 is 1.10 bits per heavy atom. The monoisotopic (exact) mass is 548 g/mol. The van der Waals surface area contributed by atoms with Gasteiger partial charge in [0, 0.05) is 18.2 Å². The highest BCUT2D eigenvalue weighted by atomic mass is 16.6. The van der Waals surface area contributed by atoms with E-state index in [-0.39, 0.29) is 41.7 Å². The maximum absolute atomic E-state index is 13.0. The second-order valence-electron chi connectivity index (χ2n) is 9.55. The summed E-state index contributed by atoms with van der Waals surface area (Å²) < 4.78 is 5.89. The number of benzene rings is 3. The molecule has 1 saturated heterocycles. The predicted molar refractivity (Wildman–Crippen MR) is 149 cm³/mol. The van der Waals surface area contributed by atoms with Gasteiger partial charge in [-0.25, -0.2) is 0 Å². The summed E-state index contributed by atoms with van der Waals surface area (Å²) in [6.45, 7) is 0.454. The zero-order valence-electron chi connectivity index (χ0n) is 21.8. The Balaban J connectivity index is 0.00000441. The normalized spacial score (nSPS) is 16.3. The Kier molecular flexibility index (Phi) is 9.93. The molecule has 6 N–H and O–H groups in total. The van der Waals surface area contributed by atoms with Crippen LogP contribution in [0.25, 0.3) is 11.1 Å². The van der Waals surface area contributed by atoms with Crippen LogP contribution in [0.15, 0.2) is 72.8 Å². The molecule has 4 rings (SSSR count). The molecule has 0 radical (unpaired) electrons. The molecule has 0 aliphatic carbocycles. The molecular formula is C29H32N4O7. The summed E-state index contributed by atoms with van der Waals surface area (Å²) in [6.07, 6.45) is 1.51. The van der Waals surface area contributed by atoms with Gasteiger partial charge in [0.05, 0.1) is 23.3 Å². The van der Waals surface area contributed by atoms with Crippen molar-refractivity contribution in [1.82, 2.24) is 4.90 Å². The number of nitrogens with two attached hydrogens (primary N) is 1. The van der Waals surface area contributed by atoms with Crippen LogP contribution in [0, 0.1) is 21.4 Å². The fourth-order valence-corrected chi connectivity index (χ4v) is 4.89. The third-order valence-electron chi connectivity index (χ3n) is 6.87. The highest BCUT2D eigenvalue weighted by molar-refractivity contribution is 5.95. The van der Waals surface area contributed by atoms with Gasteiger partial charge in [-0.3, -0.25) is 25.1 Å². The van der Waals surface area contributed by atoms with Crippen LogP contribution >= 0.6 is 0 Å². The predicted octanol–water partition coefficient (Wildman–Crippen LogP) is 3.42. The number of ether oxygens (including phenoxy) is 1. The lowest BCUT2D eigenvalue weighted by molar-refractivity contribution is -0.385. The molecule has 3 aromatic carbocycles. The topological polar surface area (TPSA) is 191 Å². The van der Waals surface area contributed by atoms with Crippen LogP contribution in [0.1, 0.15) is 30.4 Å². The number of hydrogen-bond donors (Lipinski definition) is 3. The lowest BCUT2D eigenvalue weighted by Crippen LogP contribution is -2.38. The number of nitrogen functional groups attached to an aromatic ring is 1. The number of amides is 1. The number of rotatable bonds is 12. The van der Waals surface area contributed by atoms with Gasteiger partial charge in [0.1, 0.15) is 12.4 Å². The standard InChI is InChI=1S/C29H30N4O6.H2O/c30-28(31)21-10-8-20(9-11-21)22-12-13-26(25(16-22)33(37)38)39-18-24-15-23(17-27(34)35)29(36)32(24)14-4-7-19-5-2-1-3-6-19;/h1-3,5-6,8-13,16,23-24H,4,7,14-15,17-18H2,(H3,30,31)(H,34,35);1H2/t23-,24-;/m0./s1. The number of nitrogens with one attached hydrogen (secondary N) is 1. The molecular weight excluding hydrogens is 516 g/mol. The van der Waals surface area contributed by atoms with Crippen LogP contribution in [0.4, 0.5) is 5.69 Å². The number of aryl methyl sites for hydroxylation is 1. The van der Waals surface area contributed by atoms with E-state index in [1.807, 2.05) is 30.3 Å². The first kappa shape index (κ1) is 29.8. The van der Waals surface area contributed by atoms with Gasteiger partial charge in [-0.05, 0) is 42.0 Å². The largest absolute Gasteiger partial charge is 0.485 e. The minimum Gasteiger partial charge on any atom is -0.485 e. The maximum Gasteiger partial charge on any atom is 0.311 e. The molecule has 0 spiro atoms. The van der Waals surface area contributed by atoms with Crippen LogP contribution in [0.3, 0.4) is 0 Å². The molecule has 0 aromatic heterocycles. The molecule has 210 valence electrons. The van der Waals surface area contributed by atoms with Crippen molar-refractivity contribution in [3.63, 3.8) is 0 Å². The second kappa shape index (κ2) is 13.3. The highest BCUT2D eigenvalue weighted by Gasteiger charge is 2.40. The zero-order chi connectivity index (χ0) is 27.9. The van der Waals surface area contributed by atoms with E-state index in [0.29, 0.717) is 30.5 Å². The minimum atomic E-state index is -1.04. The summed E-state index contributed by atoms with van der Waals surface area (Å²) in [7, 11) is 0. The van der Waals surface area contributed by atoms with Crippen LogP contribution in [-0.2, 0) is 16.0 Å². The molecule has 1 amide bonds. The molecule has 3 aromatic rings. The Bertz CT molecular complexity index is 1360. The molecule has 1 fully saturated rings. The summed E-state index contributed by atoms with van der Waals surface area (Å²) in [5, 5.41) is 28.6. The van der Waals surface area contributed by atoms with E-state index in [2.05, 4.69) is 0 Å². The first-order chi connectivity index (χ1) is 18.7. The first-order valence-corrected chi connectivity index (χ1v) is 12.6. The van der Waals surface area contributed by atoms with Gasteiger partial charge in [-0.2, -0.15) is 0 Å². The fraction of sp³-hybridized carbons (Fsp3) is 0.276. The van der Waals surface area contributed by atoms with Gasteiger partial charge < -0.3 is 26.0 Å². The molecule has 1 heterocycles. The Labute approximate surface area is 231 Å². The lowest BCUT2D eigenvalue weighted by Gasteiger charge is -2.25. The number of nitro benzene ring substituents is 1. The number of carboxylic acid groups (broad SMARTS) is 1. The van der Waals surface area contributed by atoms with E-state index >= 15 is 0 Å². The van der Waals surface area contributed by atoms with Gasteiger partial charge >= 0.3 is 11.7 Å². The number of aliphatic carboxylic acids is 1. The summed E-state index contributed by atoms with van der Waals surface area (Å²) in [5.41, 5.74) is 8.30. The fourth-order valence-electron chi connectivity index (χ4n) is 4.89. The summed E-state index contributed by atoms with van der Waals surface area (Å²) >= 11 is 0. The van der Waals surface area contributed by atoms with E-state index < -0.39 is 22.9 Å². The van der Waals surface area contributed by atoms with E-state index in [1.54, 1.807) is 35.2 Å². The van der Waals surface area contributed by atoms with Crippen LogP contribution in [-0.4, -0.2) is 57.3 Å². The number of likely N-dealkylation sites (tertiary alicyclic amines) is 1. The molecule has 1 aliphatic rings. The average Bonchev–Trinajstić information content (AvgIpc) is 3.21. The van der Waals surface area contributed by atoms with Crippen molar-refractivity contribution in [1.29, 1.82) is 5.41 Å². The molecule has 11 nitrogen and oxygen atoms in total. The SMILES string of the molecule is N=C(N)c1ccc(-c2ccc(OC[C@@H]3C[C@@H](CC(=O)O)C(=O)N3CCCc3ccccc3)c([N+](=O)[O-])c2)cc1.O. The third-order valence-corrected chi connectivity index (χ3v) is 6.87. The smallest absolute Gasteiger partial charge is 0.311 e. The van der Waals surface area contributed by atoms with Crippen molar-refractivity contribution < 1.29 is 29.8 Å². The van der Waals surface area contributed by atoms with Crippen LogP contribution in [0.2, 0.25) is 0 Å². The average molecular weight is 549 g/mol. The molecule has 1 aliphatic heterocycles. The van der Waals surface area contributed by atoms with E-state index in [9.17, 15) is 24.8 Å². The van der Waals surface area contributed by atoms with Crippen molar-refractivity contribution in [3.8, 4) is 16.9 Å². The number of nitro groups is 1. The van der Waals surface area contributed by atoms with Crippen LogP contribution in [0.5, 0.6) is 5.75 Å². The Morgan fingerprint density at radius 3 is 2.40 bits per heavy atom. The van der Waals surface area contributed by atoms with Gasteiger partial charge in [0.2, 0.25) is 5.91 Å². The van der Waals surface area contributed by atoms with Gasteiger partial charge in [-0.1, -0.05) is 60.7 Å². The van der Waals surface area contributed by atoms with E-state index in [1.165, 1.54) is 12.1 Å². The van der Waals surface area contributed by atoms with Crippen molar-refractivity contribution in [2.75, 3.05) is 13.2 Å². The summed E-state index contributed by atoms with van der Waals surface area (Å²) in [6, 6.07) is 20.9. The third kappa shape index (κ3) is 7.20. The number of amidine groups is 1. The molecule has 2 atom stereocenters. The van der Waals surface area contributed by atoms with Crippen molar-refractivity contribution >= 4 is 23.4 Å². The number of carbonyl (C=O) groups is 2. The lowest BCUT2D eigenvalue weighted by atomic mass is 10.0. The van der Waals surface area contributed by atoms with Crippen molar-refractivity contribution in [3.05, 3.63) is 94.0 Å². The summed E-state index contributed by atoms with van der Waals surface area (Å²) in [4.78, 5) is 37.3. The molecule has 0 unspecified atom stereocenters. The number of nitrogens with zero attached hydrogens (tertiary/aromatic N) is 2. The quantitative estimate of drug-likeness (QED) is 0.134. The van der Waals surface area contributed by atoms with E-state index in [4.69, 9.17) is 15.9 Å². The minimum absolute atomic E-state index is 0. The van der Waals surface area contributed by atoms with Gasteiger partial charge in [0.25, 0.3) is 0 Å². The molecule has 0 saturated carbocycles. The van der Waals surface area contributed by atoms with Crippen LogP contribution < -0.4 is 10.5 Å². The van der Waals surface area contributed by atoms with Crippen molar-refractivity contribution in [2.45, 2.75) is 31.7 Å². The second-order valence-corrected chi connectivity index (χ2v) is 9.55. The Hall–Kier alpha value is -4.77. The van der Waals surface area contributed by atoms with E-state index in [0.717, 1.165) is 17.5 Å². The maximum atomic E-state index is 13.0. The van der Waals surface area contributed by atoms with Crippen molar-refractivity contribution in [2.24, 2.45) is 11.7 Å². The first-order valence-electron chi connectivity index (χ1n) is 12.6. The highest BCUT2D eigenvalue weighted by Crippen LogP contribution is 2.34. The number of carboxylic acids is 1. The number of hydrogen-bond acceptors (Lipinski definition) is 6. The van der Waals surface area contributed by atoms with Gasteiger partial charge in [-0.15, -0.1) is 0 Å². The Morgan fingerprint density at radius 2 is 1.77 bits per heavy atom. The van der Waals surface area contributed by atoms with Gasteiger partial charge in [0.15, 0.2) is 5.75 Å². The summed E-state index contributed by atoms with van der Waals surface area (Å²) in [5.74, 6) is -1.91. The number of carbonyl (C=O) groups excluding carboxylic acids is 1.